The number of nitrogens with two attached hydrogens (primary N) is 2. The predicted molar refractivity (Wildman–Crippen MR) is 52.4 cm³/mol. The van der Waals surface area contributed by atoms with E-state index in [9.17, 15) is 4.79 Å². The lowest BCUT2D eigenvalue weighted by Gasteiger charge is -2.12. The number of carbonyl (C=O) groups excluding carboxylic acids is 1. The fourth-order valence-electron chi connectivity index (χ4n) is 0.221. The van der Waals surface area contributed by atoms with Gasteiger partial charge in [0.15, 0.2) is 6.49 Å². The largest absolute Gasteiger partial charge is 0.304 e. The molecule has 0 saturated carbocycles. The van der Waals surface area contributed by atoms with Crippen LogP contribution in [-0.2, 0) is 16.6 Å². The number of carbonyl (C=O) groups is 1. The number of halogens is 2. The van der Waals surface area contributed by atoms with Gasteiger partial charge in [-0.1, -0.05) is 31.9 Å². The van der Waals surface area contributed by atoms with Gasteiger partial charge < -0.3 is 5.09 Å². The Balaban J connectivity index is 3.94. The topological polar surface area (TPSA) is 81.1 Å². The zero-order valence-corrected chi connectivity index (χ0v) is 9.63. The Kier molecular flexibility index (Phi) is 4.55. The molecule has 4 nitrogen and oxygen atoms in total. The summed E-state index contributed by atoms with van der Waals surface area (Å²) < 4.78 is -0.491. The van der Waals surface area contributed by atoms with Gasteiger partial charge in [-0.05, 0) is 11.8 Å². The molecule has 0 radical (unpaired) electrons. The van der Waals surface area contributed by atoms with Crippen molar-refractivity contribution in [2.75, 3.05) is 0 Å². The molecule has 0 unspecified atom stereocenters. The smallest absolute Gasteiger partial charge is 0.250 e. The van der Waals surface area contributed by atoms with Gasteiger partial charge in [-0.3, -0.25) is 15.8 Å². The Morgan fingerprint density at radius 1 is 1.60 bits per heavy atom. The van der Waals surface area contributed by atoms with E-state index in [0.29, 0.717) is 0 Å². The van der Waals surface area contributed by atoms with Crippen molar-refractivity contribution in [1.29, 1.82) is 0 Å². The van der Waals surface area contributed by atoms with Crippen LogP contribution in [0.4, 0.5) is 0 Å². The zero-order chi connectivity index (χ0) is 8.36. The lowest BCUT2D eigenvalue weighted by atomic mass is 10.8. The van der Waals surface area contributed by atoms with Gasteiger partial charge in [-0.15, -0.1) is 0 Å². The summed E-state index contributed by atoms with van der Waals surface area (Å²) in [4.78, 5) is 10.8. The highest BCUT2D eigenvalue weighted by Gasteiger charge is 2.14. The SMILES string of the molecule is NP(N)(=S)NC(=O)C(Br)Br. The van der Waals surface area contributed by atoms with Crippen LogP contribution in [0.15, 0.2) is 0 Å². The molecule has 0 saturated heterocycles. The third kappa shape index (κ3) is 5.76. The van der Waals surface area contributed by atoms with E-state index in [2.05, 4.69) is 48.8 Å². The zero-order valence-electron chi connectivity index (χ0n) is 4.75. The van der Waals surface area contributed by atoms with Crippen LogP contribution in [0.2, 0.25) is 0 Å². The molecule has 5 N–H and O–H groups in total. The van der Waals surface area contributed by atoms with E-state index >= 15 is 0 Å². The van der Waals surface area contributed by atoms with E-state index in [1.54, 1.807) is 0 Å². The van der Waals surface area contributed by atoms with E-state index in [-0.39, 0.29) is 5.91 Å². The second kappa shape index (κ2) is 4.13. The number of rotatable bonds is 2. The summed E-state index contributed by atoms with van der Waals surface area (Å²) in [5.41, 5.74) is 10.4. The standard InChI is InChI=1S/C2H6Br2N3OPS/c3-1(4)2(8)7-9(5,6)10/h1H,(H5,5,6,7,8,10). The third-order valence-electron chi connectivity index (χ3n) is 0.483. The van der Waals surface area contributed by atoms with Gasteiger partial charge in [-0.25, -0.2) is 0 Å². The molecular formula is C2H6Br2N3OPS. The number of alkyl halides is 2. The highest BCUT2D eigenvalue weighted by molar-refractivity contribution is 9.25. The fourth-order valence-corrected chi connectivity index (χ4v) is 1.55. The maximum Gasteiger partial charge on any atom is 0.250 e. The summed E-state index contributed by atoms with van der Waals surface area (Å²) in [5.74, 6) is -0.353. The van der Waals surface area contributed by atoms with Crippen molar-refractivity contribution in [1.82, 2.24) is 5.09 Å². The Labute approximate surface area is 80.5 Å². The molecule has 10 heavy (non-hydrogen) atoms. The van der Waals surface area contributed by atoms with Gasteiger partial charge in [0.05, 0.1) is 0 Å². The van der Waals surface area contributed by atoms with Gasteiger partial charge >= 0.3 is 0 Å². The summed E-state index contributed by atoms with van der Waals surface area (Å²) >= 11 is 10.5. The molecule has 0 aromatic rings. The van der Waals surface area contributed by atoms with Crippen LogP contribution in [-0.4, -0.2) is 9.64 Å². The summed E-state index contributed by atoms with van der Waals surface area (Å²) in [5, 5.41) is 2.27. The van der Waals surface area contributed by atoms with Crippen LogP contribution < -0.4 is 16.1 Å². The van der Waals surface area contributed by atoms with Crippen LogP contribution in [0.25, 0.3) is 0 Å². The summed E-state index contributed by atoms with van der Waals surface area (Å²) in [6.45, 7) is -2.60. The van der Waals surface area contributed by atoms with Crippen molar-refractivity contribution in [2.24, 2.45) is 11.0 Å². The maximum absolute atomic E-state index is 10.8. The molecular weight excluding hydrogens is 305 g/mol. The molecule has 0 spiro atoms. The first kappa shape index (κ1) is 11.0. The predicted octanol–water partition coefficient (Wildman–Crippen LogP) is 0.360. The quantitative estimate of drug-likeness (QED) is 0.508. The molecule has 0 bridgehead atoms. The molecule has 8 heteroatoms. The lowest BCUT2D eigenvalue weighted by molar-refractivity contribution is -0.117. The Bertz CT molecular complexity index is 179. The van der Waals surface area contributed by atoms with E-state index < -0.39 is 10.2 Å². The molecule has 0 fully saturated rings. The number of hydrogen-bond acceptors (Lipinski definition) is 2. The van der Waals surface area contributed by atoms with Crippen LogP contribution in [0.1, 0.15) is 0 Å². The molecule has 0 aliphatic carbocycles. The highest BCUT2D eigenvalue weighted by Crippen LogP contribution is 2.20. The minimum atomic E-state index is -2.60. The highest BCUT2D eigenvalue weighted by atomic mass is 79.9. The second-order valence-electron chi connectivity index (χ2n) is 1.49. The van der Waals surface area contributed by atoms with Gasteiger partial charge in [-0.2, -0.15) is 0 Å². The van der Waals surface area contributed by atoms with Crippen molar-refractivity contribution in [2.45, 2.75) is 3.74 Å². The van der Waals surface area contributed by atoms with Crippen LogP contribution in [0, 0.1) is 0 Å². The first-order chi connectivity index (χ1) is 4.33. The number of hydrogen-bond donors (Lipinski definition) is 3. The van der Waals surface area contributed by atoms with Gasteiger partial charge in [0.1, 0.15) is 3.74 Å². The molecule has 1 amide bonds. The number of nitrogens with one attached hydrogen (secondary N) is 1. The van der Waals surface area contributed by atoms with E-state index in [1.807, 2.05) is 0 Å². The van der Waals surface area contributed by atoms with E-state index in [0.717, 1.165) is 0 Å². The van der Waals surface area contributed by atoms with Crippen molar-refractivity contribution >= 4 is 56.1 Å². The summed E-state index contributed by atoms with van der Waals surface area (Å²) in [6.07, 6.45) is 0. The Morgan fingerprint density at radius 2 is 2.00 bits per heavy atom. The Hall–Kier alpha value is 1.00. The molecule has 0 heterocycles. The minimum Gasteiger partial charge on any atom is -0.304 e. The van der Waals surface area contributed by atoms with E-state index in [1.165, 1.54) is 0 Å². The van der Waals surface area contributed by atoms with Gasteiger partial charge in [0.2, 0.25) is 5.91 Å². The maximum atomic E-state index is 10.8. The molecule has 0 aliphatic heterocycles. The molecule has 60 valence electrons. The normalized spacial score (nSPS) is 11.7. The van der Waals surface area contributed by atoms with Crippen molar-refractivity contribution in [3.8, 4) is 0 Å². The minimum absolute atomic E-state index is 0.353. The first-order valence-electron chi connectivity index (χ1n) is 2.10. The fraction of sp³-hybridized carbons (Fsp3) is 0.500. The molecule has 0 aromatic carbocycles. The number of amides is 1. The van der Waals surface area contributed by atoms with Crippen molar-refractivity contribution < 1.29 is 4.79 Å². The molecule has 0 aliphatic rings. The van der Waals surface area contributed by atoms with Gasteiger partial charge in [0, 0.05) is 0 Å². The lowest BCUT2D eigenvalue weighted by Crippen LogP contribution is -2.31. The van der Waals surface area contributed by atoms with Crippen LogP contribution in [0.5, 0.6) is 0 Å². The molecule has 0 atom stereocenters. The van der Waals surface area contributed by atoms with Gasteiger partial charge in [0.25, 0.3) is 0 Å². The summed E-state index contributed by atoms with van der Waals surface area (Å²) in [6, 6.07) is 0. The second-order valence-corrected chi connectivity index (χ2v) is 8.00. The average molecular weight is 311 g/mol. The Morgan fingerprint density at radius 3 is 2.10 bits per heavy atom. The van der Waals surface area contributed by atoms with Crippen LogP contribution in [0.3, 0.4) is 0 Å². The third-order valence-corrected chi connectivity index (χ3v) is 2.16. The van der Waals surface area contributed by atoms with E-state index in [4.69, 9.17) is 11.0 Å². The first-order valence-corrected chi connectivity index (χ1v) is 6.87. The molecule has 0 rings (SSSR count). The van der Waals surface area contributed by atoms with Crippen molar-refractivity contribution in [3.63, 3.8) is 0 Å². The monoisotopic (exact) mass is 309 g/mol. The van der Waals surface area contributed by atoms with Crippen LogP contribution >= 0.6 is 38.3 Å². The summed E-state index contributed by atoms with van der Waals surface area (Å²) in [7, 11) is 0. The molecule has 0 aromatic heterocycles. The average Bonchev–Trinajstić information content (AvgIpc) is 1.60. The van der Waals surface area contributed by atoms with Crippen molar-refractivity contribution in [3.05, 3.63) is 0 Å².